The zero-order chi connectivity index (χ0) is 36.7. The van der Waals surface area contributed by atoms with Crippen molar-refractivity contribution in [2.75, 3.05) is 0 Å². The van der Waals surface area contributed by atoms with Crippen LogP contribution >= 0.6 is 0 Å². The van der Waals surface area contributed by atoms with Gasteiger partial charge in [-0.1, -0.05) is 133 Å². The number of aromatic nitrogens is 4. The van der Waals surface area contributed by atoms with Gasteiger partial charge in [0.05, 0.1) is 16.6 Å². The Kier molecular flexibility index (Phi) is 6.69. The maximum atomic E-state index is 6.65. The smallest absolute Gasteiger partial charge is 0.166 e. The van der Waals surface area contributed by atoms with Crippen molar-refractivity contribution in [2.45, 2.75) is 12.8 Å². The highest BCUT2D eigenvalue weighted by Crippen LogP contribution is 2.46. The molecule has 8 aromatic carbocycles. The molecule has 12 rings (SSSR count). The fourth-order valence-corrected chi connectivity index (χ4v) is 8.86. The van der Waals surface area contributed by atoms with E-state index in [0.29, 0.717) is 17.5 Å². The molecular formula is C51H32N4O. The molecule has 0 aliphatic heterocycles. The van der Waals surface area contributed by atoms with Crippen LogP contribution in [-0.4, -0.2) is 19.5 Å². The molecule has 5 nitrogen and oxygen atoms in total. The Morgan fingerprint density at radius 1 is 0.411 bits per heavy atom. The molecule has 0 saturated carbocycles. The SMILES string of the molecule is c1ccc2cc(-c3nc(C4=C(n5c6ccccc6c6cc7ccccc7cc65)CCc5oc6ccccc6c54)nc(-c4ccc5ccccc5c4)n3)ccc2c1. The second-order valence-corrected chi connectivity index (χ2v) is 14.7. The van der Waals surface area contributed by atoms with Crippen LogP contribution in [0, 0.1) is 0 Å². The quantitative estimate of drug-likeness (QED) is 0.182. The van der Waals surface area contributed by atoms with E-state index in [1.165, 1.54) is 32.3 Å². The second kappa shape index (κ2) is 12.1. The van der Waals surface area contributed by atoms with Gasteiger partial charge in [-0.3, -0.25) is 0 Å². The van der Waals surface area contributed by atoms with Crippen LogP contribution in [0.4, 0.5) is 0 Å². The number of para-hydroxylation sites is 2. The van der Waals surface area contributed by atoms with E-state index in [0.717, 1.165) is 79.3 Å². The van der Waals surface area contributed by atoms with Crippen LogP contribution in [-0.2, 0) is 6.42 Å². The lowest BCUT2D eigenvalue weighted by Gasteiger charge is -2.23. The summed E-state index contributed by atoms with van der Waals surface area (Å²) >= 11 is 0. The Morgan fingerprint density at radius 3 is 1.62 bits per heavy atom. The van der Waals surface area contributed by atoms with Gasteiger partial charge in [0.2, 0.25) is 0 Å². The summed E-state index contributed by atoms with van der Waals surface area (Å²) in [4.78, 5) is 16.1. The molecule has 0 radical (unpaired) electrons. The van der Waals surface area contributed by atoms with Gasteiger partial charge in [0.15, 0.2) is 17.5 Å². The third-order valence-corrected chi connectivity index (χ3v) is 11.5. The van der Waals surface area contributed by atoms with Crippen molar-refractivity contribution in [1.29, 1.82) is 0 Å². The highest BCUT2D eigenvalue weighted by Gasteiger charge is 2.31. The first-order chi connectivity index (χ1) is 27.7. The predicted octanol–water partition coefficient (Wildman–Crippen LogP) is 12.9. The van der Waals surface area contributed by atoms with Crippen LogP contribution in [0.5, 0.6) is 0 Å². The Labute approximate surface area is 321 Å². The van der Waals surface area contributed by atoms with Crippen LogP contribution in [0.15, 0.2) is 174 Å². The molecular weight excluding hydrogens is 685 g/mol. The minimum atomic E-state index is 0.626. The molecule has 5 heteroatoms. The fraction of sp³-hybridized carbons (Fsp3) is 0.0392. The number of hydrogen-bond acceptors (Lipinski definition) is 4. The van der Waals surface area contributed by atoms with Crippen LogP contribution < -0.4 is 0 Å². The third kappa shape index (κ3) is 4.77. The number of hydrogen-bond donors (Lipinski definition) is 0. The van der Waals surface area contributed by atoms with E-state index in [9.17, 15) is 0 Å². The average Bonchev–Trinajstić information content (AvgIpc) is 3.80. The first kappa shape index (κ1) is 31.0. The summed E-state index contributed by atoms with van der Waals surface area (Å²) in [5.74, 6) is 2.84. The molecule has 0 N–H and O–H groups in total. The van der Waals surface area contributed by atoms with Crippen molar-refractivity contribution in [1.82, 2.24) is 19.5 Å². The number of fused-ring (bicyclic) bond motifs is 9. The van der Waals surface area contributed by atoms with Gasteiger partial charge in [-0.2, -0.15) is 0 Å². The summed E-state index contributed by atoms with van der Waals surface area (Å²) in [6, 6.07) is 60.2. The van der Waals surface area contributed by atoms with Crippen molar-refractivity contribution in [2.24, 2.45) is 0 Å². The van der Waals surface area contributed by atoms with Crippen LogP contribution in [0.25, 0.3) is 99.1 Å². The van der Waals surface area contributed by atoms with E-state index < -0.39 is 0 Å². The molecule has 0 fully saturated rings. The van der Waals surface area contributed by atoms with Crippen molar-refractivity contribution < 1.29 is 4.42 Å². The first-order valence-electron chi connectivity index (χ1n) is 19.1. The average molecular weight is 717 g/mol. The number of benzene rings is 8. The minimum absolute atomic E-state index is 0.626. The van der Waals surface area contributed by atoms with E-state index >= 15 is 0 Å². The molecule has 0 atom stereocenters. The van der Waals surface area contributed by atoms with Gasteiger partial charge in [-0.15, -0.1) is 0 Å². The molecule has 1 aliphatic rings. The molecule has 3 heterocycles. The maximum Gasteiger partial charge on any atom is 0.166 e. The Bertz CT molecular complexity index is 3340. The van der Waals surface area contributed by atoms with Crippen LogP contribution in [0.1, 0.15) is 23.6 Å². The zero-order valence-electron chi connectivity index (χ0n) is 30.3. The van der Waals surface area contributed by atoms with E-state index in [2.05, 4.69) is 168 Å². The van der Waals surface area contributed by atoms with E-state index in [1.54, 1.807) is 0 Å². The summed E-state index contributed by atoms with van der Waals surface area (Å²) < 4.78 is 9.12. The first-order valence-corrected chi connectivity index (χ1v) is 19.1. The van der Waals surface area contributed by atoms with Crippen LogP contribution in [0.2, 0.25) is 0 Å². The van der Waals surface area contributed by atoms with Crippen molar-refractivity contribution in [3.63, 3.8) is 0 Å². The van der Waals surface area contributed by atoms with Gasteiger partial charge >= 0.3 is 0 Å². The minimum Gasteiger partial charge on any atom is -0.460 e. The summed E-state index contributed by atoms with van der Waals surface area (Å²) in [5.41, 5.74) is 8.22. The number of rotatable bonds is 4. The number of nitrogens with zero attached hydrogens (tertiary/aromatic N) is 4. The predicted molar refractivity (Wildman–Crippen MR) is 229 cm³/mol. The molecule has 262 valence electrons. The highest BCUT2D eigenvalue weighted by atomic mass is 16.3. The molecule has 0 unspecified atom stereocenters. The summed E-state index contributed by atoms with van der Waals surface area (Å²) in [6.45, 7) is 0. The van der Waals surface area contributed by atoms with Crippen LogP contribution in [0.3, 0.4) is 0 Å². The van der Waals surface area contributed by atoms with Crippen molar-refractivity contribution >= 4 is 76.4 Å². The summed E-state index contributed by atoms with van der Waals surface area (Å²) in [6.07, 6.45) is 1.50. The lowest BCUT2D eigenvalue weighted by atomic mass is 9.90. The molecule has 0 spiro atoms. The maximum absolute atomic E-state index is 6.65. The molecule has 11 aromatic rings. The Hall–Kier alpha value is -7.37. The van der Waals surface area contributed by atoms with E-state index in [1.807, 2.05) is 6.07 Å². The molecule has 1 aliphatic carbocycles. The molecule has 56 heavy (non-hydrogen) atoms. The Morgan fingerprint density at radius 2 is 0.946 bits per heavy atom. The van der Waals surface area contributed by atoms with Crippen molar-refractivity contribution in [3.8, 4) is 22.8 Å². The van der Waals surface area contributed by atoms with Gasteiger partial charge in [0, 0.05) is 45.0 Å². The number of aryl methyl sites for hydroxylation is 1. The summed E-state index contributed by atoms with van der Waals surface area (Å²) in [7, 11) is 0. The normalized spacial score (nSPS) is 13.1. The zero-order valence-corrected chi connectivity index (χ0v) is 30.3. The molecule has 0 amide bonds. The lowest BCUT2D eigenvalue weighted by molar-refractivity contribution is 0.545. The molecule has 0 bridgehead atoms. The largest absolute Gasteiger partial charge is 0.460 e. The van der Waals surface area contributed by atoms with E-state index in [4.69, 9.17) is 19.4 Å². The van der Waals surface area contributed by atoms with Gasteiger partial charge in [0.1, 0.15) is 11.3 Å². The third-order valence-electron chi connectivity index (χ3n) is 11.5. The monoisotopic (exact) mass is 716 g/mol. The lowest BCUT2D eigenvalue weighted by Crippen LogP contribution is -2.12. The van der Waals surface area contributed by atoms with Gasteiger partial charge in [0.25, 0.3) is 0 Å². The highest BCUT2D eigenvalue weighted by molar-refractivity contribution is 6.16. The van der Waals surface area contributed by atoms with Crippen molar-refractivity contribution in [3.05, 3.63) is 187 Å². The van der Waals surface area contributed by atoms with Gasteiger partial charge < -0.3 is 8.98 Å². The number of furan rings is 1. The van der Waals surface area contributed by atoms with E-state index in [-0.39, 0.29) is 0 Å². The number of allylic oxidation sites excluding steroid dienone is 1. The topological polar surface area (TPSA) is 56.7 Å². The van der Waals surface area contributed by atoms with Gasteiger partial charge in [-0.25, -0.2) is 15.0 Å². The Balaban J connectivity index is 1.21. The summed E-state index contributed by atoms with van der Waals surface area (Å²) in [5, 5.41) is 10.5. The van der Waals surface area contributed by atoms with Gasteiger partial charge in [-0.05, 0) is 75.1 Å². The second-order valence-electron chi connectivity index (χ2n) is 14.7. The molecule has 3 aromatic heterocycles. The molecule has 0 saturated heterocycles. The standard InChI is InChI=1S/C51H32N4O/c1-3-13-33-27-37(23-21-31(33)11-1)49-52-50(38-24-22-32-12-2-4-14-34(32)28-38)54-51(53-49)48-43(25-26-46-47(48)40-18-8-10-20-45(40)56-46)55-42-19-9-7-17-39(42)41-29-35-15-5-6-16-36(35)30-44(41)55/h1-24,27-30H,25-26H2. The fourth-order valence-electron chi connectivity index (χ4n) is 8.86.